The van der Waals surface area contributed by atoms with E-state index in [1.807, 2.05) is 0 Å². The summed E-state index contributed by atoms with van der Waals surface area (Å²) >= 11 is 0. The molecule has 0 spiro atoms. The molecule has 0 heterocycles. The van der Waals surface area contributed by atoms with Crippen LogP contribution in [-0.2, 0) is 62.0 Å². The molecule has 21 nitrogen and oxygen atoms in total. The third kappa shape index (κ3) is 14.9. The monoisotopic (exact) mass is 1160 g/mol. The highest BCUT2D eigenvalue weighted by Gasteiger charge is 2.70. The fraction of sp³-hybridized carbons (Fsp3) is 0.483. The van der Waals surface area contributed by atoms with Crippen molar-refractivity contribution in [1.82, 2.24) is 16.0 Å². The van der Waals surface area contributed by atoms with Gasteiger partial charge in [-0.3, -0.25) is 38.4 Å². The molecule has 436 valence electrons. The van der Waals surface area contributed by atoms with Crippen molar-refractivity contribution in [3.05, 3.63) is 119 Å². The molecule has 81 heavy (non-hydrogen) atoms. The maximum Gasteiger partial charge on any atom is 0.350 e. The molecular weight excluding hydrogens is 1090 g/mol. The zero-order chi connectivity index (χ0) is 59.4. The Morgan fingerprint density at radius 3 is 2.00 bits per heavy atom. The average molecular weight is 1160 g/mol. The van der Waals surface area contributed by atoms with Crippen LogP contribution in [0.1, 0.15) is 113 Å². The Morgan fingerprint density at radius 1 is 0.802 bits per heavy atom. The van der Waals surface area contributed by atoms with Crippen molar-refractivity contribution in [3.8, 4) is 0 Å². The van der Waals surface area contributed by atoms with Crippen molar-refractivity contribution < 1.29 is 81.8 Å². The lowest BCUT2D eigenvalue weighted by atomic mass is 9.47. The molecule has 2 bridgehead atoms. The van der Waals surface area contributed by atoms with Gasteiger partial charge in [0.1, 0.15) is 29.9 Å². The van der Waals surface area contributed by atoms with E-state index in [9.17, 15) is 48.6 Å². The number of hydrogen-bond acceptors (Lipinski definition) is 19. The largest absolute Gasteiger partial charge is 0.458 e. The SMILES string of the molecule is CC(=O)NC(CSSCCCC(=O)O[C@@H](C(=O)O[C@H]1CC2[C@@H](OC(=O)c3ccccc3)C3[C@@](CO)(OC(C)=O)CC[C@H](O)[C@@]3(C)C(=O)[C@H](OC(C)=O)C(=C1C)C2(C)C)C(NC(=O)c1ccccc1)c1ccccc1)C(=O)NCC(N)=O. The van der Waals surface area contributed by atoms with Gasteiger partial charge in [-0.2, -0.15) is 0 Å². The van der Waals surface area contributed by atoms with Crippen LogP contribution in [0.3, 0.4) is 0 Å². The number of fused-ring (bicyclic) bond motifs is 3. The Labute approximate surface area is 477 Å². The Morgan fingerprint density at radius 2 is 1.42 bits per heavy atom. The van der Waals surface area contributed by atoms with Crippen molar-refractivity contribution in [2.45, 2.75) is 129 Å². The van der Waals surface area contributed by atoms with Crippen molar-refractivity contribution in [2.24, 2.45) is 28.4 Å². The summed E-state index contributed by atoms with van der Waals surface area (Å²) in [6.07, 6.45) is -8.81. The van der Waals surface area contributed by atoms with Gasteiger partial charge in [0.05, 0.1) is 36.2 Å². The van der Waals surface area contributed by atoms with Gasteiger partial charge in [0, 0.05) is 50.2 Å². The van der Waals surface area contributed by atoms with Crippen LogP contribution in [0, 0.1) is 22.7 Å². The van der Waals surface area contributed by atoms with Crippen LogP contribution in [0.2, 0.25) is 0 Å². The molecule has 3 aliphatic carbocycles. The third-order valence-corrected chi connectivity index (χ3v) is 17.7. The molecule has 0 radical (unpaired) electrons. The number of esters is 5. The summed E-state index contributed by atoms with van der Waals surface area (Å²) in [7, 11) is 2.48. The van der Waals surface area contributed by atoms with E-state index in [0.717, 1.165) is 13.8 Å². The van der Waals surface area contributed by atoms with Gasteiger partial charge in [0.25, 0.3) is 5.91 Å². The van der Waals surface area contributed by atoms with Gasteiger partial charge in [-0.15, -0.1) is 0 Å². The van der Waals surface area contributed by atoms with Gasteiger partial charge >= 0.3 is 29.8 Å². The fourth-order valence-corrected chi connectivity index (χ4v) is 13.7. The lowest BCUT2D eigenvalue weighted by molar-refractivity contribution is -0.239. The van der Waals surface area contributed by atoms with E-state index < -0.39 is 143 Å². The first-order chi connectivity index (χ1) is 38.4. The lowest BCUT2D eigenvalue weighted by Gasteiger charge is -2.61. The Balaban J connectivity index is 1.42. The molecule has 0 aliphatic heterocycles. The van der Waals surface area contributed by atoms with Crippen molar-refractivity contribution in [3.63, 3.8) is 0 Å². The quantitative estimate of drug-likeness (QED) is 0.0252. The normalized spacial score (nSPS) is 24.9. The van der Waals surface area contributed by atoms with Crippen LogP contribution in [-0.4, -0.2) is 136 Å². The summed E-state index contributed by atoms with van der Waals surface area (Å²) in [6, 6.07) is 21.8. The van der Waals surface area contributed by atoms with Gasteiger partial charge in [0.2, 0.25) is 23.8 Å². The summed E-state index contributed by atoms with van der Waals surface area (Å²) < 4.78 is 31.1. The minimum Gasteiger partial charge on any atom is -0.458 e. The number of carbonyl (C=O) groups is 10. The fourth-order valence-electron chi connectivity index (χ4n) is 11.5. The summed E-state index contributed by atoms with van der Waals surface area (Å²) in [4.78, 5) is 136. The first-order valence-electron chi connectivity index (χ1n) is 26.4. The molecule has 3 aliphatic rings. The van der Waals surface area contributed by atoms with Gasteiger partial charge in [0.15, 0.2) is 11.9 Å². The topological polar surface area (TPSA) is 319 Å². The Bertz CT molecular complexity index is 2860. The smallest absolute Gasteiger partial charge is 0.350 e. The van der Waals surface area contributed by atoms with Crippen LogP contribution >= 0.6 is 21.6 Å². The van der Waals surface area contributed by atoms with E-state index in [1.54, 1.807) is 99.6 Å². The van der Waals surface area contributed by atoms with Crippen molar-refractivity contribution >= 4 is 80.8 Å². The molecule has 23 heteroatoms. The number of primary amides is 1. The predicted molar refractivity (Wildman–Crippen MR) is 296 cm³/mol. The van der Waals surface area contributed by atoms with Gasteiger partial charge < -0.3 is 55.6 Å². The molecule has 3 aromatic carbocycles. The first kappa shape index (κ1) is 63.1. The van der Waals surface area contributed by atoms with Crippen LogP contribution in [0.5, 0.6) is 0 Å². The number of amides is 4. The zero-order valence-electron chi connectivity index (χ0n) is 46.1. The van der Waals surface area contributed by atoms with Crippen LogP contribution in [0.15, 0.2) is 102 Å². The number of ketones is 1. The number of carbonyl (C=O) groups excluding carboxylic acids is 10. The number of hydrogen-bond donors (Lipinski definition) is 6. The second kappa shape index (κ2) is 27.6. The van der Waals surface area contributed by atoms with Gasteiger partial charge in [-0.25, -0.2) is 9.59 Å². The van der Waals surface area contributed by atoms with Crippen LogP contribution in [0.4, 0.5) is 0 Å². The molecule has 7 N–H and O–H groups in total. The molecule has 2 saturated carbocycles. The van der Waals surface area contributed by atoms with E-state index >= 15 is 9.59 Å². The van der Waals surface area contributed by atoms with Crippen LogP contribution in [0.25, 0.3) is 0 Å². The Hall–Kier alpha value is -7.08. The van der Waals surface area contributed by atoms with E-state index in [-0.39, 0.29) is 60.1 Å². The van der Waals surface area contributed by atoms with Crippen LogP contribution < -0.4 is 21.7 Å². The molecule has 11 atom stereocenters. The maximum atomic E-state index is 15.7. The third-order valence-electron chi connectivity index (χ3n) is 15.2. The summed E-state index contributed by atoms with van der Waals surface area (Å²) in [5.74, 6) is -10.2. The van der Waals surface area contributed by atoms with Crippen molar-refractivity contribution in [1.29, 1.82) is 0 Å². The molecule has 0 saturated heterocycles. The molecule has 0 aromatic heterocycles. The summed E-state index contributed by atoms with van der Waals surface area (Å²) in [5, 5.41) is 31.3. The molecule has 4 unspecified atom stereocenters. The van der Waals surface area contributed by atoms with E-state index in [4.69, 9.17) is 29.4 Å². The maximum absolute atomic E-state index is 15.7. The second-order valence-corrected chi connectivity index (χ2v) is 23.7. The highest BCUT2D eigenvalue weighted by Crippen LogP contribution is 2.61. The minimum atomic E-state index is -2.06. The average Bonchev–Trinajstić information content (AvgIpc) is 3.51. The highest BCUT2D eigenvalue weighted by molar-refractivity contribution is 8.76. The number of benzene rings is 3. The summed E-state index contributed by atoms with van der Waals surface area (Å²) in [6.45, 7) is 8.55. The molecule has 4 amide bonds. The number of aliphatic hydroxyl groups excluding tert-OH is 2. The zero-order valence-corrected chi connectivity index (χ0v) is 47.8. The minimum absolute atomic E-state index is 0.0876. The Kier molecular flexibility index (Phi) is 21.5. The lowest BCUT2D eigenvalue weighted by Crippen LogP contribution is -2.71. The van der Waals surface area contributed by atoms with Gasteiger partial charge in [-0.1, -0.05) is 102 Å². The molecular formula is C58H70N4O17S2. The van der Waals surface area contributed by atoms with E-state index in [2.05, 4.69) is 16.0 Å². The molecule has 3 aromatic rings. The van der Waals surface area contributed by atoms with E-state index in [1.165, 1.54) is 47.6 Å². The number of nitrogens with two attached hydrogens (primary N) is 1. The first-order valence-corrected chi connectivity index (χ1v) is 28.9. The second-order valence-electron chi connectivity index (χ2n) is 21.1. The standard InChI is InChI=1S/C58H70N4O17S2/c1-32-41(28-39-47(78-54(73)38-22-15-10-16-23-38)50-57(7,42(67)25-26-58(50,31-63)79-35(4)66)51(70)48(75-34(3)65)45(32)56(39,5)6)76-55(74)49(46(36-18-11-8-12-19-36)62-52(71)37-20-13-9-14-21-37)77-44(69)24-17-27-80-81-30-40(61-33(2)64)53(72)60-29-43(59)68/h8-16,18-23,39-42,46-50,63,67H,17,24-31H2,1-7H3,(H2,59,68)(H,60,72)(H,61,64)(H,62,71)/t39?,40?,41-,42-,46?,47+,48+,49+,50?,57+,58+/m0/s1. The molecule has 2 fully saturated rings. The number of aliphatic hydroxyl groups is 2. The molecule has 6 rings (SSSR count). The van der Waals surface area contributed by atoms with Gasteiger partial charge in [-0.05, 0) is 85.9 Å². The predicted octanol–water partition coefficient (Wildman–Crippen LogP) is 4.42. The van der Waals surface area contributed by atoms with Crippen molar-refractivity contribution in [2.75, 3.05) is 24.7 Å². The summed E-state index contributed by atoms with van der Waals surface area (Å²) in [5.41, 5.74) is 0.788. The number of rotatable bonds is 23. The van der Waals surface area contributed by atoms with E-state index in [0.29, 0.717) is 11.3 Å². The number of Topliss-reactive ketones (excluding diaryl/α,β-unsaturated/α-hetero) is 1. The number of ether oxygens (including phenoxy) is 5. The highest BCUT2D eigenvalue weighted by atomic mass is 33.1. The number of nitrogens with one attached hydrogen (secondary N) is 3.